The van der Waals surface area contributed by atoms with E-state index in [4.69, 9.17) is 11.6 Å². The molecule has 0 aromatic heterocycles. The van der Waals surface area contributed by atoms with E-state index in [1.807, 2.05) is 4.72 Å². The zero-order valence-corrected chi connectivity index (χ0v) is 11.4. The van der Waals surface area contributed by atoms with Crippen molar-refractivity contribution in [3.05, 3.63) is 23.0 Å². The minimum atomic E-state index is -4.12. The first kappa shape index (κ1) is 15.5. The second kappa shape index (κ2) is 6.07. The number of benzene rings is 1. The summed E-state index contributed by atoms with van der Waals surface area (Å²) in [6, 6.07) is 1.56. The predicted octanol–water partition coefficient (Wildman–Crippen LogP) is 1.49. The summed E-state index contributed by atoms with van der Waals surface area (Å²) >= 11 is 5.49. The van der Waals surface area contributed by atoms with Crippen molar-refractivity contribution < 1.29 is 27.4 Å². The number of hydrogen-bond acceptors (Lipinski definition) is 5. The molecular formula is C10H11ClFNO5S. The fourth-order valence-corrected chi connectivity index (χ4v) is 2.37. The molecule has 6 nitrogen and oxygen atoms in total. The molecule has 0 amide bonds. The van der Waals surface area contributed by atoms with Crippen LogP contribution in [0.4, 0.5) is 10.1 Å². The number of hydrogen-bond donors (Lipinski definition) is 2. The molecule has 0 heterocycles. The van der Waals surface area contributed by atoms with Crippen LogP contribution in [-0.4, -0.2) is 31.9 Å². The Labute approximate surface area is 114 Å². The Balaban J connectivity index is 2.93. The lowest BCUT2D eigenvalue weighted by atomic mass is 10.3. The van der Waals surface area contributed by atoms with Crippen molar-refractivity contribution in [3.8, 4) is 5.75 Å². The minimum Gasteiger partial charge on any atom is -0.504 e. The first-order valence-corrected chi connectivity index (χ1v) is 7.12. The molecule has 0 saturated carbocycles. The van der Waals surface area contributed by atoms with Gasteiger partial charge in [0.05, 0.1) is 17.3 Å². The van der Waals surface area contributed by atoms with E-state index in [0.717, 1.165) is 12.1 Å². The molecule has 1 rings (SSSR count). The SMILES string of the molecule is CCOC(=O)CS(=O)(=O)Nc1cc(F)cc(Cl)c1O. The third-order valence-electron chi connectivity index (χ3n) is 1.91. The number of ether oxygens (including phenoxy) is 1. The Morgan fingerprint density at radius 2 is 2.16 bits per heavy atom. The van der Waals surface area contributed by atoms with Crippen molar-refractivity contribution in [1.29, 1.82) is 0 Å². The van der Waals surface area contributed by atoms with E-state index < -0.39 is 39.0 Å². The molecule has 19 heavy (non-hydrogen) atoms. The number of nitrogens with one attached hydrogen (secondary N) is 1. The Morgan fingerprint density at radius 3 is 2.74 bits per heavy atom. The molecule has 1 aromatic carbocycles. The molecule has 0 aliphatic rings. The number of anilines is 1. The topological polar surface area (TPSA) is 92.7 Å². The highest BCUT2D eigenvalue weighted by Crippen LogP contribution is 2.33. The van der Waals surface area contributed by atoms with Gasteiger partial charge in [-0.2, -0.15) is 0 Å². The molecular weight excluding hydrogens is 301 g/mol. The zero-order valence-electron chi connectivity index (χ0n) is 9.81. The van der Waals surface area contributed by atoms with Crippen molar-refractivity contribution in [2.45, 2.75) is 6.92 Å². The van der Waals surface area contributed by atoms with Gasteiger partial charge in [0.1, 0.15) is 5.82 Å². The summed E-state index contributed by atoms with van der Waals surface area (Å²) in [5.41, 5.74) is -0.450. The third kappa shape index (κ3) is 4.56. The van der Waals surface area contributed by atoms with Gasteiger partial charge in [-0.1, -0.05) is 11.6 Å². The molecule has 0 aliphatic heterocycles. The van der Waals surface area contributed by atoms with Gasteiger partial charge in [-0.15, -0.1) is 0 Å². The first-order chi connectivity index (χ1) is 8.75. The van der Waals surface area contributed by atoms with Crippen LogP contribution in [-0.2, 0) is 19.6 Å². The van der Waals surface area contributed by atoms with Crippen LogP contribution >= 0.6 is 11.6 Å². The van der Waals surface area contributed by atoms with E-state index in [0.29, 0.717) is 0 Å². The van der Waals surface area contributed by atoms with E-state index in [2.05, 4.69) is 4.74 Å². The largest absolute Gasteiger partial charge is 0.504 e. The summed E-state index contributed by atoms with van der Waals surface area (Å²) in [7, 11) is -4.12. The summed E-state index contributed by atoms with van der Waals surface area (Å²) in [6.45, 7) is 1.56. The normalized spacial score (nSPS) is 11.1. The maximum absolute atomic E-state index is 13.0. The Kier molecular flexibility index (Phi) is 4.96. The number of phenols is 1. The monoisotopic (exact) mass is 311 g/mol. The van der Waals surface area contributed by atoms with Crippen molar-refractivity contribution in [2.75, 3.05) is 17.1 Å². The minimum absolute atomic E-state index is 0.0331. The summed E-state index contributed by atoms with van der Waals surface area (Å²) in [6.07, 6.45) is 0. The van der Waals surface area contributed by atoms with E-state index in [-0.39, 0.29) is 11.6 Å². The van der Waals surface area contributed by atoms with Crippen LogP contribution in [0.1, 0.15) is 6.92 Å². The van der Waals surface area contributed by atoms with Crippen molar-refractivity contribution in [3.63, 3.8) is 0 Å². The average molecular weight is 312 g/mol. The number of phenolic OH excluding ortho intramolecular Hbond substituents is 1. The van der Waals surface area contributed by atoms with E-state index >= 15 is 0 Å². The second-order valence-electron chi connectivity index (χ2n) is 3.45. The molecule has 0 bridgehead atoms. The number of halogens is 2. The lowest BCUT2D eigenvalue weighted by Gasteiger charge is -2.10. The Morgan fingerprint density at radius 1 is 1.53 bits per heavy atom. The molecule has 0 radical (unpaired) electrons. The van der Waals surface area contributed by atoms with Gasteiger partial charge in [0.15, 0.2) is 11.5 Å². The highest BCUT2D eigenvalue weighted by Gasteiger charge is 2.20. The molecule has 0 atom stereocenters. The number of rotatable bonds is 5. The maximum atomic E-state index is 13.0. The summed E-state index contributed by atoms with van der Waals surface area (Å²) in [4.78, 5) is 11.1. The lowest BCUT2D eigenvalue weighted by Crippen LogP contribution is -2.24. The van der Waals surface area contributed by atoms with Crippen molar-refractivity contribution in [2.24, 2.45) is 0 Å². The molecule has 0 unspecified atom stereocenters. The number of carbonyl (C=O) groups excluding carboxylic acids is 1. The maximum Gasteiger partial charge on any atom is 0.323 e. The van der Waals surface area contributed by atoms with Gasteiger partial charge in [-0.25, -0.2) is 12.8 Å². The number of esters is 1. The molecule has 0 saturated heterocycles. The van der Waals surface area contributed by atoms with Gasteiger partial charge >= 0.3 is 5.97 Å². The van der Waals surface area contributed by atoms with Crippen LogP contribution in [0.2, 0.25) is 5.02 Å². The lowest BCUT2D eigenvalue weighted by molar-refractivity contribution is -0.139. The third-order valence-corrected chi connectivity index (χ3v) is 3.34. The smallest absolute Gasteiger partial charge is 0.323 e. The van der Waals surface area contributed by atoms with Crippen LogP contribution in [0, 0.1) is 5.82 Å². The van der Waals surface area contributed by atoms with E-state index in [1.54, 1.807) is 0 Å². The number of carbonyl (C=O) groups is 1. The Hall–Kier alpha value is -1.54. The van der Waals surface area contributed by atoms with E-state index in [9.17, 15) is 22.7 Å². The first-order valence-electron chi connectivity index (χ1n) is 5.09. The molecule has 106 valence electrons. The van der Waals surface area contributed by atoms with Crippen molar-refractivity contribution in [1.82, 2.24) is 0 Å². The van der Waals surface area contributed by atoms with Crippen LogP contribution in [0.15, 0.2) is 12.1 Å². The Bertz CT molecular complexity index is 590. The number of aromatic hydroxyl groups is 1. The molecule has 0 fully saturated rings. The van der Waals surface area contributed by atoms with Gasteiger partial charge in [-0.05, 0) is 13.0 Å². The molecule has 0 aliphatic carbocycles. The molecule has 0 spiro atoms. The van der Waals surface area contributed by atoms with Crippen LogP contribution in [0.3, 0.4) is 0 Å². The van der Waals surface area contributed by atoms with Gasteiger partial charge in [-0.3, -0.25) is 9.52 Å². The zero-order chi connectivity index (χ0) is 14.6. The summed E-state index contributed by atoms with van der Waals surface area (Å²) < 4.78 is 42.5. The fourth-order valence-electron chi connectivity index (χ4n) is 1.21. The van der Waals surface area contributed by atoms with Crippen LogP contribution in [0.5, 0.6) is 5.75 Å². The fraction of sp³-hybridized carbons (Fsp3) is 0.300. The molecule has 1 aromatic rings. The van der Waals surface area contributed by atoms with Gasteiger partial charge in [0, 0.05) is 6.07 Å². The average Bonchev–Trinajstić information content (AvgIpc) is 2.24. The quantitative estimate of drug-likeness (QED) is 0.635. The predicted molar refractivity (Wildman–Crippen MR) is 67.1 cm³/mol. The van der Waals surface area contributed by atoms with Gasteiger partial charge in [0.2, 0.25) is 10.0 Å². The second-order valence-corrected chi connectivity index (χ2v) is 5.58. The van der Waals surface area contributed by atoms with Crippen molar-refractivity contribution >= 4 is 33.3 Å². The van der Waals surface area contributed by atoms with Gasteiger partial charge < -0.3 is 9.84 Å². The molecule has 2 N–H and O–H groups in total. The summed E-state index contributed by atoms with van der Waals surface area (Å²) in [5.74, 6) is -3.38. The highest BCUT2D eigenvalue weighted by molar-refractivity contribution is 7.93. The van der Waals surface area contributed by atoms with Gasteiger partial charge in [0.25, 0.3) is 0 Å². The van der Waals surface area contributed by atoms with Crippen LogP contribution in [0.25, 0.3) is 0 Å². The van der Waals surface area contributed by atoms with Crippen LogP contribution < -0.4 is 4.72 Å². The number of sulfonamides is 1. The highest BCUT2D eigenvalue weighted by atomic mass is 35.5. The summed E-state index contributed by atoms with van der Waals surface area (Å²) in [5, 5.41) is 9.13. The molecule has 9 heteroatoms. The van der Waals surface area contributed by atoms with E-state index in [1.165, 1.54) is 6.92 Å². The standard InChI is InChI=1S/C10H11ClFNO5S/c1-2-18-9(14)5-19(16,17)13-8-4-6(12)3-7(11)10(8)15/h3-4,13,15H,2,5H2,1H3.